The number of ether oxygens (including phenoxy) is 2. The first-order valence-corrected chi connectivity index (χ1v) is 9.85. The van der Waals surface area contributed by atoms with Crippen LogP contribution in [0.2, 0.25) is 0 Å². The van der Waals surface area contributed by atoms with Crippen molar-refractivity contribution < 1.29 is 14.0 Å². The van der Waals surface area contributed by atoms with Crippen LogP contribution >= 0.6 is 0 Å². The fraction of sp³-hybridized carbons (Fsp3) is 0.273. The molecule has 4 rings (SSSR count). The number of aromatic nitrogens is 4. The van der Waals surface area contributed by atoms with Gasteiger partial charge in [0.2, 0.25) is 11.7 Å². The zero-order valence-electron chi connectivity index (χ0n) is 17.5. The van der Waals surface area contributed by atoms with Gasteiger partial charge in [0.1, 0.15) is 6.54 Å². The summed E-state index contributed by atoms with van der Waals surface area (Å²) in [5.41, 5.74) is 0.406. The van der Waals surface area contributed by atoms with Gasteiger partial charge in [-0.15, -0.1) is 0 Å². The van der Waals surface area contributed by atoms with Crippen molar-refractivity contribution in [3.63, 3.8) is 0 Å². The third kappa shape index (κ3) is 3.58. The molecule has 2 aromatic carbocycles. The predicted octanol–water partition coefficient (Wildman–Crippen LogP) is 2.69. The zero-order chi connectivity index (χ0) is 22.0. The van der Waals surface area contributed by atoms with Gasteiger partial charge in [0.15, 0.2) is 11.5 Å². The zero-order valence-corrected chi connectivity index (χ0v) is 17.5. The summed E-state index contributed by atoms with van der Waals surface area (Å²) in [6.07, 6.45) is 0.661. The minimum absolute atomic E-state index is 0.0304. The lowest BCUT2D eigenvalue weighted by molar-refractivity contribution is 0.354. The van der Waals surface area contributed by atoms with Crippen LogP contribution in [0.3, 0.4) is 0 Å². The normalized spacial score (nSPS) is 11.1. The molecule has 0 amide bonds. The fourth-order valence-electron chi connectivity index (χ4n) is 3.57. The van der Waals surface area contributed by atoms with Crippen LogP contribution in [-0.4, -0.2) is 33.5 Å². The molecule has 9 heteroatoms. The van der Waals surface area contributed by atoms with E-state index in [0.29, 0.717) is 46.8 Å². The molecule has 0 bridgehead atoms. The van der Waals surface area contributed by atoms with Crippen LogP contribution < -0.4 is 20.7 Å². The number of methoxy groups -OCH3 is 2. The summed E-state index contributed by atoms with van der Waals surface area (Å²) in [7, 11) is 3.08. The van der Waals surface area contributed by atoms with Crippen molar-refractivity contribution in [1.29, 1.82) is 0 Å². The van der Waals surface area contributed by atoms with Gasteiger partial charge in [0, 0.05) is 6.54 Å². The minimum Gasteiger partial charge on any atom is -0.493 e. The molecule has 160 valence electrons. The maximum absolute atomic E-state index is 13.1. The lowest BCUT2D eigenvalue weighted by Gasteiger charge is -2.12. The number of nitrogens with zero attached hydrogens (tertiary/aromatic N) is 4. The summed E-state index contributed by atoms with van der Waals surface area (Å²) in [6, 6.07) is 12.4. The van der Waals surface area contributed by atoms with Gasteiger partial charge >= 0.3 is 5.69 Å². The molecule has 0 aliphatic carbocycles. The number of para-hydroxylation sites is 2. The Balaban J connectivity index is 1.80. The van der Waals surface area contributed by atoms with E-state index < -0.39 is 5.69 Å². The van der Waals surface area contributed by atoms with Crippen LogP contribution in [0.5, 0.6) is 11.5 Å². The van der Waals surface area contributed by atoms with Crippen LogP contribution in [0.1, 0.15) is 19.2 Å². The Labute approximate surface area is 177 Å². The van der Waals surface area contributed by atoms with Gasteiger partial charge < -0.3 is 14.0 Å². The summed E-state index contributed by atoms with van der Waals surface area (Å²) < 4.78 is 18.9. The molecule has 0 aliphatic heterocycles. The largest absolute Gasteiger partial charge is 0.493 e. The highest BCUT2D eigenvalue weighted by Gasteiger charge is 2.19. The van der Waals surface area contributed by atoms with E-state index in [4.69, 9.17) is 14.0 Å². The number of hydrogen-bond donors (Lipinski definition) is 0. The molecule has 2 aromatic heterocycles. The molecule has 2 heterocycles. The molecule has 0 fully saturated rings. The number of fused-ring (bicyclic) bond motifs is 1. The Hall–Kier alpha value is -3.88. The van der Waals surface area contributed by atoms with E-state index in [1.165, 1.54) is 16.2 Å². The van der Waals surface area contributed by atoms with Crippen molar-refractivity contribution in [2.45, 2.75) is 26.4 Å². The first kappa shape index (κ1) is 20.4. The van der Waals surface area contributed by atoms with E-state index in [9.17, 15) is 9.59 Å². The number of benzene rings is 2. The van der Waals surface area contributed by atoms with E-state index >= 15 is 0 Å². The Morgan fingerprint density at radius 3 is 2.55 bits per heavy atom. The molecule has 0 radical (unpaired) electrons. The maximum Gasteiger partial charge on any atom is 0.331 e. The lowest BCUT2D eigenvalue weighted by atomic mass is 10.1. The topological polar surface area (TPSA) is 101 Å². The molecular weight excluding hydrogens is 400 g/mol. The van der Waals surface area contributed by atoms with Crippen molar-refractivity contribution in [2.24, 2.45) is 0 Å². The Morgan fingerprint density at radius 1 is 1.00 bits per heavy atom. The second kappa shape index (κ2) is 8.47. The second-order valence-electron chi connectivity index (χ2n) is 6.90. The summed E-state index contributed by atoms with van der Waals surface area (Å²) in [5.74, 6) is 1.57. The van der Waals surface area contributed by atoms with E-state index in [0.717, 1.165) is 0 Å². The van der Waals surface area contributed by atoms with Crippen molar-refractivity contribution in [3.05, 3.63) is 69.2 Å². The smallest absolute Gasteiger partial charge is 0.331 e. The molecule has 0 saturated heterocycles. The average molecular weight is 422 g/mol. The molecule has 0 aliphatic rings. The van der Waals surface area contributed by atoms with Gasteiger partial charge in [-0.2, -0.15) is 4.98 Å². The van der Waals surface area contributed by atoms with Crippen LogP contribution in [-0.2, 0) is 13.1 Å². The highest BCUT2D eigenvalue weighted by Crippen LogP contribution is 2.36. The first-order valence-electron chi connectivity index (χ1n) is 9.85. The minimum atomic E-state index is -0.413. The van der Waals surface area contributed by atoms with Crippen LogP contribution in [0.25, 0.3) is 22.3 Å². The molecule has 4 aromatic rings. The predicted molar refractivity (Wildman–Crippen MR) is 115 cm³/mol. The van der Waals surface area contributed by atoms with Crippen molar-refractivity contribution >= 4 is 10.9 Å². The fourth-order valence-corrected chi connectivity index (χ4v) is 3.57. The molecule has 0 N–H and O–H groups in total. The molecule has 0 atom stereocenters. The Kier molecular flexibility index (Phi) is 5.57. The molecule has 0 saturated carbocycles. The third-order valence-corrected chi connectivity index (χ3v) is 4.98. The van der Waals surface area contributed by atoms with Gasteiger partial charge in [-0.05, 0) is 30.7 Å². The van der Waals surface area contributed by atoms with Gasteiger partial charge in [0.25, 0.3) is 5.56 Å². The van der Waals surface area contributed by atoms with E-state index in [2.05, 4.69) is 10.1 Å². The molecule has 31 heavy (non-hydrogen) atoms. The monoisotopic (exact) mass is 422 g/mol. The summed E-state index contributed by atoms with van der Waals surface area (Å²) in [5, 5.41) is 4.51. The Morgan fingerprint density at radius 2 is 1.81 bits per heavy atom. The molecule has 0 unspecified atom stereocenters. The number of hydrogen-bond acceptors (Lipinski definition) is 7. The first-order chi connectivity index (χ1) is 15.1. The quantitative estimate of drug-likeness (QED) is 0.451. The number of rotatable bonds is 7. The van der Waals surface area contributed by atoms with Crippen LogP contribution in [0.4, 0.5) is 0 Å². The van der Waals surface area contributed by atoms with Crippen LogP contribution in [0.15, 0.2) is 56.6 Å². The summed E-state index contributed by atoms with van der Waals surface area (Å²) >= 11 is 0. The highest BCUT2D eigenvalue weighted by atomic mass is 16.5. The van der Waals surface area contributed by atoms with Crippen molar-refractivity contribution in [3.8, 4) is 22.9 Å². The highest BCUT2D eigenvalue weighted by molar-refractivity contribution is 5.77. The summed E-state index contributed by atoms with van der Waals surface area (Å²) in [6.45, 7) is 2.28. The van der Waals surface area contributed by atoms with Gasteiger partial charge in [-0.1, -0.05) is 30.3 Å². The van der Waals surface area contributed by atoms with E-state index in [1.807, 2.05) is 6.92 Å². The van der Waals surface area contributed by atoms with E-state index in [1.54, 1.807) is 49.6 Å². The van der Waals surface area contributed by atoms with Crippen molar-refractivity contribution in [1.82, 2.24) is 19.3 Å². The SMILES string of the molecule is CCCn1c(=O)c2ccccc2n(Cc2nc(-c3cccc(OC)c3OC)no2)c1=O. The second-order valence-corrected chi connectivity index (χ2v) is 6.90. The van der Waals surface area contributed by atoms with Gasteiger partial charge in [0.05, 0.1) is 30.7 Å². The maximum atomic E-state index is 13.1. The Bertz CT molecular complexity index is 1350. The lowest BCUT2D eigenvalue weighted by Crippen LogP contribution is -2.40. The van der Waals surface area contributed by atoms with Crippen molar-refractivity contribution in [2.75, 3.05) is 14.2 Å². The summed E-state index contributed by atoms with van der Waals surface area (Å²) in [4.78, 5) is 30.2. The van der Waals surface area contributed by atoms with E-state index in [-0.39, 0.29) is 18.0 Å². The molecule has 0 spiro atoms. The van der Waals surface area contributed by atoms with Gasteiger partial charge in [-0.3, -0.25) is 13.9 Å². The average Bonchev–Trinajstić information content (AvgIpc) is 3.27. The molecule has 9 nitrogen and oxygen atoms in total. The van der Waals surface area contributed by atoms with Crippen LogP contribution in [0, 0.1) is 0 Å². The third-order valence-electron chi connectivity index (χ3n) is 4.98. The molecular formula is C22H22N4O5. The van der Waals surface area contributed by atoms with Gasteiger partial charge in [-0.25, -0.2) is 4.79 Å². The standard InChI is InChI=1S/C22H22N4O5/c1-4-12-25-21(27)14-8-5-6-10-16(14)26(22(25)28)13-18-23-20(24-31-18)15-9-7-11-17(29-2)19(15)30-3/h5-11H,4,12-13H2,1-3H3.